The molecule has 3 heteroatoms. The van der Waals surface area contributed by atoms with Crippen LogP contribution in [-0.4, -0.2) is 18.9 Å². The van der Waals surface area contributed by atoms with E-state index in [1.807, 2.05) is 0 Å². The summed E-state index contributed by atoms with van der Waals surface area (Å²) in [6.45, 7) is 7.67. The van der Waals surface area contributed by atoms with Crippen molar-refractivity contribution in [1.82, 2.24) is 5.32 Å². The molecule has 3 N–H and O–H groups in total. The third kappa shape index (κ3) is 1.80. The number of nitrogens with two attached hydrogens (primary N) is 1. The lowest BCUT2D eigenvalue weighted by Gasteiger charge is -2.11. The average molecular weight is 153 g/mol. The molecule has 1 aliphatic heterocycles. The van der Waals surface area contributed by atoms with Crippen LogP contribution in [0.25, 0.3) is 0 Å². The van der Waals surface area contributed by atoms with E-state index in [0.717, 1.165) is 13.1 Å². The molecule has 11 heavy (non-hydrogen) atoms. The summed E-state index contributed by atoms with van der Waals surface area (Å²) < 4.78 is 0. The molecular formula is C8H15N3. The van der Waals surface area contributed by atoms with Gasteiger partial charge in [0.05, 0.1) is 0 Å². The Morgan fingerprint density at radius 2 is 2.45 bits per heavy atom. The first kappa shape index (κ1) is 8.27. The molecule has 0 saturated carbocycles. The summed E-state index contributed by atoms with van der Waals surface area (Å²) in [7, 11) is 0. The van der Waals surface area contributed by atoms with Gasteiger partial charge in [-0.1, -0.05) is 13.5 Å². The van der Waals surface area contributed by atoms with Crippen molar-refractivity contribution < 1.29 is 0 Å². The van der Waals surface area contributed by atoms with Crippen molar-refractivity contribution in [2.24, 2.45) is 22.6 Å². The number of nitrogens with zero attached hydrogens (tertiary/aromatic N) is 1. The minimum absolute atomic E-state index is 0.396. The Bertz CT molecular complexity index is 174. The first-order chi connectivity index (χ1) is 5.25. The molecule has 1 rings (SSSR count). The van der Waals surface area contributed by atoms with E-state index in [1.54, 1.807) is 0 Å². The molecule has 0 aliphatic carbocycles. The summed E-state index contributed by atoms with van der Waals surface area (Å²) in [5.41, 5.74) is 5.72. The second-order valence-electron chi connectivity index (χ2n) is 2.98. The lowest BCUT2D eigenvalue weighted by atomic mass is 9.97. The van der Waals surface area contributed by atoms with Crippen molar-refractivity contribution in [2.75, 3.05) is 13.1 Å². The molecule has 2 unspecified atom stereocenters. The van der Waals surface area contributed by atoms with Gasteiger partial charge >= 0.3 is 0 Å². The van der Waals surface area contributed by atoms with Gasteiger partial charge in [0, 0.05) is 18.7 Å². The molecule has 1 heterocycles. The molecular weight excluding hydrogens is 138 g/mol. The Balaban J connectivity index is 2.58. The Morgan fingerprint density at radius 3 is 2.91 bits per heavy atom. The second-order valence-corrected chi connectivity index (χ2v) is 2.98. The predicted octanol–water partition coefficient (Wildman–Crippen LogP) is 0.343. The molecule has 0 amide bonds. The first-order valence-corrected chi connectivity index (χ1v) is 3.90. The maximum Gasteiger partial charge on any atom is 0.104 e. The van der Waals surface area contributed by atoms with E-state index >= 15 is 0 Å². The summed E-state index contributed by atoms with van der Waals surface area (Å²) >= 11 is 0. The number of rotatable bonds is 2. The molecule has 0 bridgehead atoms. The largest absolute Gasteiger partial charge is 0.387 e. The van der Waals surface area contributed by atoms with Crippen molar-refractivity contribution in [3.63, 3.8) is 0 Å². The molecule has 1 fully saturated rings. The van der Waals surface area contributed by atoms with Gasteiger partial charge in [0.15, 0.2) is 0 Å². The third-order valence-electron chi connectivity index (χ3n) is 2.14. The summed E-state index contributed by atoms with van der Waals surface area (Å²) in [6, 6.07) is 0. The van der Waals surface area contributed by atoms with E-state index in [1.165, 1.54) is 6.20 Å². The zero-order chi connectivity index (χ0) is 8.27. The topological polar surface area (TPSA) is 50.4 Å². The molecule has 62 valence electrons. The van der Waals surface area contributed by atoms with Crippen molar-refractivity contribution in [3.05, 3.63) is 12.8 Å². The standard InChI is InChI=1S/C8H15N3/c1-3-11-8(9)7-5-10-4-6(7)2/h3,6-7,10H,1,4-5H2,2H3,(H2,9,11). The molecule has 0 spiro atoms. The summed E-state index contributed by atoms with van der Waals surface area (Å²) in [6.07, 6.45) is 1.50. The van der Waals surface area contributed by atoms with Gasteiger partial charge in [-0.2, -0.15) is 0 Å². The number of amidine groups is 1. The van der Waals surface area contributed by atoms with Crippen LogP contribution in [0.5, 0.6) is 0 Å². The van der Waals surface area contributed by atoms with Crippen LogP contribution in [0, 0.1) is 11.8 Å². The monoisotopic (exact) mass is 153 g/mol. The quantitative estimate of drug-likeness (QED) is 0.444. The Kier molecular flexibility index (Phi) is 2.65. The van der Waals surface area contributed by atoms with E-state index in [4.69, 9.17) is 5.73 Å². The highest BCUT2D eigenvalue weighted by molar-refractivity contribution is 5.84. The van der Waals surface area contributed by atoms with Crippen LogP contribution in [0.1, 0.15) is 6.92 Å². The average Bonchev–Trinajstić information content (AvgIpc) is 2.36. The van der Waals surface area contributed by atoms with E-state index in [0.29, 0.717) is 17.7 Å². The van der Waals surface area contributed by atoms with E-state index < -0.39 is 0 Å². The van der Waals surface area contributed by atoms with Gasteiger partial charge in [0.2, 0.25) is 0 Å². The van der Waals surface area contributed by atoms with Crippen molar-refractivity contribution in [3.8, 4) is 0 Å². The Labute approximate surface area is 67.4 Å². The maximum atomic E-state index is 5.72. The van der Waals surface area contributed by atoms with Gasteiger partial charge < -0.3 is 11.1 Å². The molecule has 0 aromatic carbocycles. The van der Waals surface area contributed by atoms with Gasteiger partial charge in [-0.05, 0) is 12.5 Å². The molecule has 1 aliphatic rings. The molecule has 0 radical (unpaired) electrons. The van der Waals surface area contributed by atoms with E-state index in [-0.39, 0.29) is 0 Å². The normalized spacial score (nSPS) is 32.3. The fraction of sp³-hybridized carbons (Fsp3) is 0.625. The van der Waals surface area contributed by atoms with Crippen LogP contribution in [0.3, 0.4) is 0 Å². The minimum atomic E-state index is 0.396. The summed E-state index contributed by atoms with van der Waals surface area (Å²) in [5.74, 6) is 1.70. The van der Waals surface area contributed by atoms with Crippen LogP contribution >= 0.6 is 0 Å². The van der Waals surface area contributed by atoms with Crippen LogP contribution in [0.15, 0.2) is 17.8 Å². The second kappa shape index (κ2) is 3.53. The van der Waals surface area contributed by atoms with Gasteiger partial charge in [0.1, 0.15) is 5.84 Å². The number of nitrogens with one attached hydrogen (secondary N) is 1. The molecule has 0 aromatic heterocycles. The van der Waals surface area contributed by atoms with Crippen LogP contribution < -0.4 is 11.1 Å². The lowest BCUT2D eigenvalue weighted by Crippen LogP contribution is -2.28. The zero-order valence-corrected chi connectivity index (χ0v) is 6.88. The van der Waals surface area contributed by atoms with Crippen molar-refractivity contribution in [1.29, 1.82) is 0 Å². The minimum Gasteiger partial charge on any atom is -0.387 e. The van der Waals surface area contributed by atoms with Crippen LogP contribution in [0.4, 0.5) is 0 Å². The zero-order valence-electron chi connectivity index (χ0n) is 6.88. The maximum absolute atomic E-state index is 5.72. The predicted molar refractivity (Wildman–Crippen MR) is 47.3 cm³/mol. The molecule has 3 nitrogen and oxygen atoms in total. The highest BCUT2D eigenvalue weighted by atomic mass is 15.0. The molecule has 2 atom stereocenters. The van der Waals surface area contributed by atoms with Crippen LogP contribution in [-0.2, 0) is 0 Å². The smallest absolute Gasteiger partial charge is 0.104 e. The molecule has 0 aromatic rings. The fourth-order valence-corrected chi connectivity index (χ4v) is 1.41. The lowest BCUT2D eigenvalue weighted by molar-refractivity contribution is 0.567. The third-order valence-corrected chi connectivity index (χ3v) is 2.14. The number of aliphatic imine (C=N–C) groups is 1. The molecule has 1 saturated heterocycles. The van der Waals surface area contributed by atoms with Crippen LogP contribution in [0.2, 0.25) is 0 Å². The Morgan fingerprint density at radius 1 is 1.73 bits per heavy atom. The van der Waals surface area contributed by atoms with Crippen molar-refractivity contribution in [2.45, 2.75) is 6.92 Å². The number of hydrogen-bond acceptors (Lipinski definition) is 2. The van der Waals surface area contributed by atoms with E-state index in [9.17, 15) is 0 Å². The van der Waals surface area contributed by atoms with Gasteiger partial charge in [-0.25, -0.2) is 4.99 Å². The van der Waals surface area contributed by atoms with Gasteiger partial charge in [-0.3, -0.25) is 0 Å². The van der Waals surface area contributed by atoms with Crippen molar-refractivity contribution >= 4 is 5.84 Å². The summed E-state index contributed by atoms with van der Waals surface area (Å²) in [4.78, 5) is 3.98. The Hall–Kier alpha value is -0.830. The highest BCUT2D eigenvalue weighted by Crippen LogP contribution is 2.15. The first-order valence-electron chi connectivity index (χ1n) is 3.90. The highest BCUT2D eigenvalue weighted by Gasteiger charge is 2.25. The van der Waals surface area contributed by atoms with Gasteiger partial charge in [0.25, 0.3) is 0 Å². The fourth-order valence-electron chi connectivity index (χ4n) is 1.41. The van der Waals surface area contributed by atoms with Gasteiger partial charge in [-0.15, -0.1) is 0 Å². The SMILES string of the molecule is C=CN=C(N)C1CNCC1C. The van der Waals surface area contributed by atoms with E-state index in [2.05, 4.69) is 23.8 Å². The number of hydrogen-bond donors (Lipinski definition) is 2. The summed E-state index contributed by atoms with van der Waals surface area (Å²) in [5, 5.41) is 3.27.